The lowest BCUT2D eigenvalue weighted by molar-refractivity contribution is -0.121. The molecule has 0 aromatic carbocycles. The summed E-state index contributed by atoms with van der Waals surface area (Å²) in [6.45, 7) is 10.4. The molecule has 0 fully saturated rings. The number of rotatable bonds is 7. The largest absolute Gasteiger partial charge is 0.354 e. The number of nitrogens with one attached hydrogen (secondary N) is 2. The van der Waals surface area contributed by atoms with Crippen LogP contribution in [0.15, 0.2) is 18.3 Å². The van der Waals surface area contributed by atoms with Crippen LogP contribution in [0.5, 0.6) is 0 Å². The van der Waals surface area contributed by atoms with E-state index >= 15 is 0 Å². The summed E-state index contributed by atoms with van der Waals surface area (Å²) in [4.78, 5) is 11.8. The molecule has 1 aromatic heterocycles. The minimum Gasteiger partial charge on any atom is -0.354 e. The maximum absolute atomic E-state index is 11.8. The van der Waals surface area contributed by atoms with Gasteiger partial charge in [-0.05, 0) is 31.5 Å². The van der Waals surface area contributed by atoms with E-state index in [1.165, 1.54) is 0 Å². The maximum atomic E-state index is 11.8. The molecule has 102 valence electrons. The van der Waals surface area contributed by atoms with Gasteiger partial charge in [0.1, 0.15) is 6.54 Å². The summed E-state index contributed by atoms with van der Waals surface area (Å²) >= 11 is 0. The molecule has 0 bridgehead atoms. The van der Waals surface area contributed by atoms with Crippen LogP contribution in [0.3, 0.4) is 0 Å². The predicted octanol–water partition coefficient (Wildman–Crippen LogP) is 1.93. The first-order valence-electron chi connectivity index (χ1n) is 6.69. The molecule has 0 aliphatic heterocycles. The summed E-state index contributed by atoms with van der Waals surface area (Å²) in [6.07, 6.45) is 1.96. The van der Waals surface area contributed by atoms with E-state index in [1.54, 1.807) is 0 Å². The van der Waals surface area contributed by atoms with Gasteiger partial charge >= 0.3 is 0 Å². The molecule has 2 N–H and O–H groups in total. The minimum atomic E-state index is 0.0739. The van der Waals surface area contributed by atoms with Crippen LogP contribution in [-0.2, 0) is 11.3 Å². The smallest absolute Gasteiger partial charge is 0.239 e. The van der Waals surface area contributed by atoms with Crippen molar-refractivity contribution in [3.63, 3.8) is 0 Å². The normalized spacial score (nSPS) is 12.7. The zero-order chi connectivity index (χ0) is 13.5. The van der Waals surface area contributed by atoms with E-state index in [2.05, 4.69) is 44.4 Å². The summed E-state index contributed by atoms with van der Waals surface area (Å²) in [5.41, 5.74) is 1.15. The van der Waals surface area contributed by atoms with E-state index in [9.17, 15) is 4.79 Å². The van der Waals surface area contributed by atoms with Gasteiger partial charge < -0.3 is 15.2 Å². The third-order valence-corrected chi connectivity index (χ3v) is 2.84. The Kier molecular flexibility index (Phi) is 5.92. The van der Waals surface area contributed by atoms with Crippen LogP contribution < -0.4 is 10.6 Å². The second kappa shape index (κ2) is 7.21. The molecule has 0 aliphatic carbocycles. The van der Waals surface area contributed by atoms with Crippen LogP contribution in [0.2, 0.25) is 0 Å². The van der Waals surface area contributed by atoms with Gasteiger partial charge in [0.05, 0.1) is 0 Å². The van der Waals surface area contributed by atoms with Gasteiger partial charge in [-0.15, -0.1) is 0 Å². The average molecular weight is 251 g/mol. The molecule has 1 atom stereocenters. The number of hydrogen-bond donors (Lipinski definition) is 2. The van der Waals surface area contributed by atoms with E-state index in [4.69, 9.17) is 0 Å². The van der Waals surface area contributed by atoms with Crippen molar-refractivity contribution in [3.8, 4) is 0 Å². The van der Waals surface area contributed by atoms with Crippen LogP contribution in [0.1, 0.15) is 39.4 Å². The summed E-state index contributed by atoms with van der Waals surface area (Å²) in [7, 11) is 0. The molecule has 1 rings (SSSR count). The highest BCUT2D eigenvalue weighted by atomic mass is 16.1. The maximum Gasteiger partial charge on any atom is 0.239 e. The van der Waals surface area contributed by atoms with E-state index in [1.807, 2.05) is 16.8 Å². The van der Waals surface area contributed by atoms with Crippen LogP contribution >= 0.6 is 0 Å². The average Bonchev–Trinajstić information content (AvgIpc) is 2.75. The molecule has 18 heavy (non-hydrogen) atoms. The number of aromatic nitrogens is 1. The standard InChI is InChI=1S/C14H25N3O/c1-5-15-12(4)13-7-6-8-17(13)10-14(18)16-9-11(2)3/h6-8,11-12,15H,5,9-10H2,1-4H3,(H,16,18). The first-order chi connectivity index (χ1) is 8.54. The topological polar surface area (TPSA) is 46.1 Å². The lowest BCUT2D eigenvalue weighted by Gasteiger charge is -2.16. The Morgan fingerprint density at radius 2 is 2.11 bits per heavy atom. The predicted molar refractivity (Wildman–Crippen MR) is 74.4 cm³/mol. The summed E-state index contributed by atoms with van der Waals surface area (Å²) in [5.74, 6) is 0.559. The lowest BCUT2D eigenvalue weighted by atomic mass is 10.2. The second-order valence-corrected chi connectivity index (χ2v) is 5.04. The fourth-order valence-electron chi connectivity index (χ4n) is 1.90. The van der Waals surface area contributed by atoms with Gasteiger partial charge in [0.15, 0.2) is 0 Å². The first kappa shape index (κ1) is 14.8. The third kappa shape index (κ3) is 4.53. The van der Waals surface area contributed by atoms with Gasteiger partial charge in [-0.2, -0.15) is 0 Å². The quantitative estimate of drug-likeness (QED) is 0.778. The summed E-state index contributed by atoms with van der Waals surface area (Å²) < 4.78 is 2.00. The fourth-order valence-corrected chi connectivity index (χ4v) is 1.90. The number of nitrogens with zero attached hydrogens (tertiary/aromatic N) is 1. The Balaban J connectivity index is 2.56. The number of hydrogen-bond acceptors (Lipinski definition) is 2. The number of carbonyl (C=O) groups excluding carboxylic acids is 1. The van der Waals surface area contributed by atoms with E-state index in [0.717, 1.165) is 18.8 Å². The lowest BCUT2D eigenvalue weighted by Crippen LogP contribution is -2.31. The van der Waals surface area contributed by atoms with Crippen molar-refractivity contribution in [1.82, 2.24) is 15.2 Å². The van der Waals surface area contributed by atoms with Gasteiger partial charge in [0, 0.05) is 24.5 Å². The molecule has 1 unspecified atom stereocenters. The highest BCUT2D eigenvalue weighted by Crippen LogP contribution is 2.12. The molecule has 0 radical (unpaired) electrons. The molecule has 1 heterocycles. The number of carbonyl (C=O) groups is 1. The van der Waals surface area contributed by atoms with E-state index in [-0.39, 0.29) is 11.9 Å². The van der Waals surface area contributed by atoms with E-state index in [0.29, 0.717) is 12.5 Å². The Bertz CT molecular complexity index is 371. The van der Waals surface area contributed by atoms with Crippen molar-refractivity contribution >= 4 is 5.91 Å². The van der Waals surface area contributed by atoms with Gasteiger partial charge in [0.25, 0.3) is 0 Å². The molecule has 4 nitrogen and oxygen atoms in total. The second-order valence-electron chi connectivity index (χ2n) is 5.04. The van der Waals surface area contributed by atoms with E-state index < -0.39 is 0 Å². The van der Waals surface area contributed by atoms with Gasteiger partial charge in [0.2, 0.25) is 5.91 Å². The molecular weight excluding hydrogens is 226 g/mol. The van der Waals surface area contributed by atoms with Crippen molar-refractivity contribution in [3.05, 3.63) is 24.0 Å². The minimum absolute atomic E-state index is 0.0739. The van der Waals surface area contributed by atoms with Crippen LogP contribution in [0, 0.1) is 5.92 Å². The summed E-state index contributed by atoms with van der Waals surface area (Å²) in [6, 6.07) is 4.31. The van der Waals surface area contributed by atoms with Gasteiger partial charge in [-0.3, -0.25) is 4.79 Å². The van der Waals surface area contributed by atoms with Crippen molar-refractivity contribution in [2.45, 2.75) is 40.3 Å². The monoisotopic (exact) mass is 251 g/mol. The van der Waals surface area contributed by atoms with Crippen molar-refractivity contribution in [2.24, 2.45) is 5.92 Å². The third-order valence-electron chi connectivity index (χ3n) is 2.84. The van der Waals surface area contributed by atoms with Crippen molar-refractivity contribution < 1.29 is 4.79 Å². The molecular formula is C14H25N3O. The highest BCUT2D eigenvalue weighted by Gasteiger charge is 2.11. The molecule has 0 saturated carbocycles. The van der Waals surface area contributed by atoms with Gasteiger partial charge in [-0.1, -0.05) is 20.8 Å². The first-order valence-corrected chi connectivity index (χ1v) is 6.69. The molecule has 0 aliphatic rings. The molecule has 1 amide bonds. The molecule has 1 aromatic rings. The van der Waals surface area contributed by atoms with Crippen LogP contribution in [0.4, 0.5) is 0 Å². The molecule has 0 saturated heterocycles. The van der Waals surface area contributed by atoms with Crippen LogP contribution in [0.25, 0.3) is 0 Å². The zero-order valence-electron chi connectivity index (χ0n) is 11.9. The van der Waals surface area contributed by atoms with Gasteiger partial charge in [-0.25, -0.2) is 0 Å². The SMILES string of the molecule is CCNC(C)c1cccn1CC(=O)NCC(C)C. The van der Waals surface area contributed by atoms with Crippen molar-refractivity contribution in [2.75, 3.05) is 13.1 Å². The molecule has 0 spiro atoms. The Labute approximate surface area is 110 Å². The number of amides is 1. The van der Waals surface area contributed by atoms with Crippen molar-refractivity contribution in [1.29, 1.82) is 0 Å². The highest BCUT2D eigenvalue weighted by molar-refractivity contribution is 5.75. The Morgan fingerprint density at radius 3 is 2.72 bits per heavy atom. The Morgan fingerprint density at radius 1 is 1.39 bits per heavy atom. The zero-order valence-corrected chi connectivity index (χ0v) is 11.9. The molecule has 4 heteroatoms. The Hall–Kier alpha value is -1.29. The fraction of sp³-hybridized carbons (Fsp3) is 0.643. The van der Waals surface area contributed by atoms with Crippen LogP contribution in [-0.4, -0.2) is 23.6 Å². The summed E-state index contributed by atoms with van der Waals surface area (Å²) in [5, 5.41) is 6.30.